The van der Waals surface area contributed by atoms with Gasteiger partial charge in [-0.1, -0.05) is 91.0 Å². The third-order valence-electron chi connectivity index (χ3n) is 7.72. The molecule has 0 amide bonds. The predicted octanol–water partition coefficient (Wildman–Crippen LogP) is 4.38. The third-order valence-corrected chi connectivity index (χ3v) is 7.72. The Labute approximate surface area is 177 Å². The zero-order chi connectivity index (χ0) is 20.7. The van der Waals surface area contributed by atoms with Crippen LogP contribution in [-0.2, 0) is 24.1 Å². The van der Waals surface area contributed by atoms with Crippen molar-refractivity contribution >= 4 is 5.97 Å². The van der Waals surface area contributed by atoms with Crippen LogP contribution in [0.3, 0.4) is 0 Å². The van der Waals surface area contributed by atoms with Crippen LogP contribution >= 0.6 is 0 Å². The van der Waals surface area contributed by atoms with Gasteiger partial charge in [0.05, 0.1) is 5.41 Å². The molecule has 1 heterocycles. The molecule has 2 fully saturated rings. The number of aliphatic carboxylic acids is 1. The van der Waals surface area contributed by atoms with E-state index in [-0.39, 0.29) is 10.8 Å². The second-order valence-electron chi connectivity index (χ2n) is 8.97. The summed E-state index contributed by atoms with van der Waals surface area (Å²) < 4.78 is 0. The maximum atomic E-state index is 13.1. The Morgan fingerprint density at radius 3 is 1.40 bits per heavy atom. The van der Waals surface area contributed by atoms with Crippen LogP contribution in [0.2, 0.25) is 0 Å². The van der Waals surface area contributed by atoms with E-state index >= 15 is 0 Å². The number of benzene rings is 3. The SMILES string of the molecule is O=C(O)C1(Cc2ccccc2)C2(Cc3ccccc3)CNCC21Cc1ccccc1. The molecule has 30 heavy (non-hydrogen) atoms. The van der Waals surface area contributed by atoms with Crippen LogP contribution < -0.4 is 5.32 Å². The molecule has 0 radical (unpaired) electrons. The molecule has 3 aromatic rings. The molecule has 1 saturated heterocycles. The van der Waals surface area contributed by atoms with Crippen LogP contribution in [0.25, 0.3) is 0 Å². The highest BCUT2D eigenvalue weighted by atomic mass is 16.4. The molecule has 0 spiro atoms. The molecule has 2 unspecified atom stereocenters. The molecule has 2 atom stereocenters. The van der Waals surface area contributed by atoms with E-state index < -0.39 is 11.4 Å². The highest BCUT2D eigenvalue weighted by molar-refractivity contribution is 5.84. The molecule has 1 aliphatic carbocycles. The smallest absolute Gasteiger partial charge is 0.311 e. The number of rotatable bonds is 7. The molecular formula is C27H27NO2. The number of carbonyl (C=O) groups is 1. The molecule has 2 aliphatic rings. The van der Waals surface area contributed by atoms with Crippen molar-refractivity contribution < 1.29 is 9.90 Å². The fraction of sp³-hybridized carbons (Fsp3) is 0.296. The number of hydrogen-bond donors (Lipinski definition) is 2. The molecule has 5 rings (SSSR count). The lowest BCUT2D eigenvalue weighted by molar-refractivity contribution is -0.146. The highest BCUT2D eigenvalue weighted by Gasteiger charge is 2.90. The van der Waals surface area contributed by atoms with Crippen molar-refractivity contribution in [2.24, 2.45) is 16.2 Å². The first-order chi connectivity index (χ1) is 14.6. The van der Waals surface area contributed by atoms with Gasteiger partial charge in [0, 0.05) is 23.9 Å². The Morgan fingerprint density at radius 1 is 0.667 bits per heavy atom. The molecule has 3 heteroatoms. The lowest BCUT2D eigenvalue weighted by Crippen LogP contribution is -2.38. The van der Waals surface area contributed by atoms with Crippen LogP contribution in [0.4, 0.5) is 0 Å². The van der Waals surface area contributed by atoms with E-state index in [4.69, 9.17) is 0 Å². The van der Waals surface area contributed by atoms with Gasteiger partial charge in [-0.25, -0.2) is 0 Å². The Hall–Kier alpha value is -2.91. The van der Waals surface area contributed by atoms with Gasteiger partial charge in [0.15, 0.2) is 0 Å². The van der Waals surface area contributed by atoms with E-state index in [2.05, 4.69) is 66.0 Å². The minimum atomic E-state index is -0.779. The maximum absolute atomic E-state index is 13.1. The van der Waals surface area contributed by atoms with Gasteiger partial charge in [-0.05, 0) is 36.0 Å². The molecule has 2 N–H and O–H groups in total. The minimum absolute atomic E-state index is 0.307. The van der Waals surface area contributed by atoms with Crippen LogP contribution in [0.1, 0.15) is 16.7 Å². The second kappa shape index (κ2) is 7.10. The zero-order valence-electron chi connectivity index (χ0n) is 17.1. The Bertz CT molecular complexity index is 979. The normalized spacial score (nSPS) is 29.3. The van der Waals surface area contributed by atoms with Crippen LogP contribution in [0, 0.1) is 16.2 Å². The lowest BCUT2D eigenvalue weighted by Gasteiger charge is -2.25. The van der Waals surface area contributed by atoms with Crippen LogP contribution in [0.5, 0.6) is 0 Å². The monoisotopic (exact) mass is 397 g/mol. The molecule has 0 aromatic heterocycles. The number of hydrogen-bond acceptors (Lipinski definition) is 2. The molecule has 0 bridgehead atoms. The summed E-state index contributed by atoms with van der Waals surface area (Å²) in [6, 6.07) is 30.9. The number of nitrogens with one attached hydrogen (secondary N) is 1. The van der Waals surface area contributed by atoms with Crippen molar-refractivity contribution in [1.82, 2.24) is 5.32 Å². The maximum Gasteiger partial charge on any atom is 0.311 e. The molecule has 3 nitrogen and oxygen atoms in total. The molecule has 152 valence electrons. The second-order valence-corrected chi connectivity index (χ2v) is 8.97. The van der Waals surface area contributed by atoms with Crippen LogP contribution in [-0.4, -0.2) is 24.2 Å². The van der Waals surface area contributed by atoms with Crippen molar-refractivity contribution in [3.8, 4) is 0 Å². The fourth-order valence-corrected chi connectivity index (χ4v) is 6.44. The average Bonchev–Trinajstić information content (AvgIpc) is 3.01. The number of piperidine rings is 1. The Kier molecular flexibility index (Phi) is 4.52. The fourth-order valence-electron chi connectivity index (χ4n) is 6.44. The topological polar surface area (TPSA) is 49.3 Å². The van der Waals surface area contributed by atoms with E-state index in [1.807, 2.05) is 30.3 Å². The Morgan fingerprint density at radius 2 is 1.03 bits per heavy atom. The van der Waals surface area contributed by atoms with Crippen LogP contribution in [0.15, 0.2) is 91.0 Å². The number of carboxylic acid groups (broad SMARTS) is 1. The number of carboxylic acids is 1. The molecule has 1 saturated carbocycles. The molecular weight excluding hydrogens is 370 g/mol. The van der Waals surface area contributed by atoms with E-state index in [1.54, 1.807) is 0 Å². The van der Waals surface area contributed by atoms with Crippen molar-refractivity contribution in [3.63, 3.8) is 0 Å². The van der Waals surface area contributed by atoms with Crippen molar-refractivity contribution in [2.75, 3.05) is 13.1 Å². The van der Waals surface area contributed by atoms with Gasteiger partial charge >= 0.3 is 5.97 Å². The van der Waals surface area contributed by atoms with Crippen molar-refractivity contribution in [3.05, 3.63) is 108 Å². The van der Waals surface area contributed by atoms with Gasteiger partial charge in [0.25, 0.3) is 0 Å². The summed E-state index contributed by atoms with van der Waals surface area (Å²) in [4.78, 5) is 13.1. The number of fused-ring (bicyclic) bond motifs is 1. The van der Waals surface area contributed by atoms with E-state index in [0.717, 1.165) is 31.5 Å². The third kappa shape index (κ3) is 2.58. The zero-order valence-corrected chi connectivity index (χ0v) is 17.1. The first-order valence-electron chi connectivity index (χ1n) is 10.7. The minimum Gasteiger partial charge on any atom is -0.481 e. The predicted molar refractivity (Wildman–Crippen MR) is 118 cm³/mol. The van der Waals surface area contributed by atoms with Gasteiger partial charge in [-0.3, -0.25) is 4.79 Å². The summed E-state index contributed by atoms with van der Waals surface area (Å²) in [5.74, 6) is -0.653. The molecule has 1 aliphatic heterocycles. The first kappa shape index (κ1) is 19.1. The summed E-state index contributed by atoms with van der Waals surface area (Å²) in [6.07, 6.45) is 2.14. The van der Waals surface area contributed by atoms with Gasteiger partial charge < -0.3 is 10.4 Å². The summed E-state index contributed by atoms with van der Waals surface area (Å²) in [7, 11) is 0. The largest absolute Gasteiger partial charge is 0.481 e. The highest BCUT2D eigenvalue weighted by Crippen LogP contribution is 2.83. The van der Waals surface area contributed by atoms with Gasteiger partial charge in [0.1, 0.15) is 0 Å². The summed E-state index contributed by atoms with van der Waals surface area (Å²) in [5, 5.41) is 14.3. The van der Waals surface area contributed by atoms with Gasteiger partial charge in [-0.15, -0.1) is 0 Å². The Balaban J connectivity index is 1.62. The van der Waals surface area contributed by atoms with Gasteiger partial charge in [-0.2, -0.15) is 0 Å². The lowest BCUT2D eigenvalue weighted by atomic mass is 9.81. The quantitative estimate of drug-likeness (QED) is 0.622. The van der Waals surface area contributed by atoms with Gasteiger partial charge in [0.2, 0.25) is 0 Å². The molecule has 3 aromatic carbocycles. The standard InChI is InChI=1S/C27H27NO2/c29-24(30)27(18-23-14-8-3-9-15-23)25(16-21-10-4-1-5-11-21)19-28-20-26(25,27)17-22-12-6-2-7-13-22/h1-15,28H,16-20H2,(H,29,30). The first-order valence-corrected chi connectivity index (χ1v) is 10.7. The van der Waals surface area contributed by atoms with E-state index in [0.29, 0.717) is 6.42 Å². The summed E-state index contributed by atoms with van der Waals surface area (Å²) >= 11 is 0. The van der Waals surface area contributed by atoms with E-state index in [1.165, 1.54) is 11.1 Å². The summed E-state index contributed by atoms with van der Waals surface area (Å²) in [5.41, 5.74) is 2.15. The average molecular weight is 398 g/mol. The summed E-state index contributed by atoms with van der Waals surface area (Å²) in [6.45, 7) is 1.49. The van der Waals surface area contributed by atoms with Crippen molar-refractivity contribution in [2.45, 2.75) is 19.3 Å². The van der Waals surface area contributed by atoms with E-state index in [9.17, 15) is 9.90 Å². The van der Waals surface area contributed by atoms with Crippen molar-refractivity contribution in [1.29, 1.82) is 0 Å².